The van der Waals surface area contributed by atoms with E-state index in [1.165, 1.54) is 12.3 Å². The van der Waals surface area contributed by atoms with Crippen molar-refractivity contribution < 1.29 is 27.5 Å². The van der Waals surface area contributed by atoms with Crippen molar-refractivity contribution in [3.8, 4) is 5.75 Å². The van der Waals surface area contributed by atoms with Gasteiger partial charge in [0.25, 0.3) is 5.91 Å². The Morgan fingerprint density at radius 2 is 1.76 bits per heavy atom. The molecular formula is C23H19ClF3N3O3. The molecule has 3 rings (SSSR count). The van der Waals surface area contributed by atoms with Crippen molar-refractivity contribution in [1.29, 1.82) is 0 Å². The van der Waals surface area contributed by atoms with Gasteiger partial charge in [0.2, 0.25) is 5.91 Å². The van der Waals surface area contributed by atoms with Gasteiger partial charge in [-0.3, -0.25) is 14.6 Å². The fourth-order valence-corrected chi connectivity index (χ4v) is 3.14. The maximum Gasteiger partial charge on any atom is 0.417 e. The second kappa shape index (κ2) is 10.4. The number of nitrogens with zero attached hydrogens (tertiary/aromatic N) is 1. The second-order valence-corrected chi connectivity index (χ2v) is 7.49. The Morgan fingerprint density at radius 1 is 1.03 bits per heavy atom. The van der Waals surface area contributed by atoms with E-state index in [0.717, 1.165) is 23.3 Å². The van der Waals surface area contributed by atoms with Crippen LogP contribution >= 0.6 is 11.6 Å². The molecule has 2 aromatic carbocycles. The maximum absolute atomic E-state index is 12.9. The van der Waals surface area contributed by atoms with E-state index in [0.29, 0.717) is 12.2 Å². The third kappa shape index (κ3) is 6.95. The molecule has 0 saturated carbocycles. The first-order chi connectivity index (χ1) is 15.6. The normalized spacial score (nSPS) is 11.2. The predicted molar refractivity (Wildman–Crippen MR) is 117 cm³/mol. The average Bonchev–Trinajstić information content (AvgIpc) is 2.77. The summed E-state index contributed by atoms with van der Waals surface area (Å²) in [6, 6.07) is 13.5. The molecule has 10 heteroatoms. The lowest BCUT2D eigenvalue weighted by molar-refractivity contribution is -0.137. The van der Waals surface area contributed by atoms with Gasteiger partial charge in [-0.2, -0.15) is 13.2 Å². The third-order valence-electron chi connectivity index (χ3n) is 4.60. The highest BCUT2D eigenvalue weighted by Crippen LogP contribution is 2.36. The Balaban J connectivity index is 1.51. The van der Waals surface area contributed by atoms with Crippen LogP contribution in [0, 0.1) is 0 Å². The van der Waals surface area contributed by atoms with Gasteiger partial charge >= 0.3 is 6.18 Å². The van der Waals surface area contributed by atoms with Gasteiger partial charge in [-0.05, 0) is 60.0 Å². The summed E-state index contributed by atoms with van der Waals surface area (Å²) in [5.74, 6) is -0.461. The van der Waals surface area contributed by atoms with E-state index in [4.69, 9.17) is 22.1 Å². The molecule has 2 amide bonds. The number of ether oxygens (including phenoxy) is 1. The van der Waals surface area contributed by atoms with Crippen molar-refractivity contribution in [2.45, 2.75) is 25.6 Å². The topological polar surface area (TPSA) is 94.3 Å². The molecule has 3 aromatic rings. The van der Waals surface area contributed by atoms with Crippen molar-refractivity contribution >= 4 is 29.1 Å². The van der Waals surface area contributed by atoms with Gasteiger partial charge in [-0.1, -0.05) is 23.7 Å². The van der Waals surface area contributed by atoms with Crippen LogP contribution in [-0.4, -0.2) is 16.8 Å². The molecule has 6 nitrogen and oxygen atoms in total. The Morgan fingerprint density at radius 3 is 2.42 bits per heavy atom. The van der Waals surface area contributed by atoms with Crippen LogP contribution in [0.4, 0.5) is 18.9 Å². The van der Waals surface area contributed by atoms with Crippen LogP contribution in [-0.2, 0) is 24.0 Å². The van der Waals surface area contributed by atoms with Gasteiger partial charge < -0.3 is 15.8 Å². The van der Waals surface area contributed by atoms with Crippen LogP contribution in [0.5, 0.6) is 5.75 Å². The molecule has 0 saturated heterocycles. The Labute approximate surface area is 192 Å². The van der Waals surface area contributed by atoms with Crippen LogP contribution in [0.1, 0.15) is 33.6 Å². The molecule has 0 aliphatic heterocycles. The quantitative estimate of drug-likeness (QED) is 0.477. The Hall–Kier alpha value is -3.59. The molecule has 0 fully saturated rings. The predicted octanol–water partition coefficient (Wildman–Crippen LogP) is 5.00. The number of anilines is 1. The lowest BCUT2D eigenvalue weighted by Gasteiger charge is -2.12. The number of nitrogens with two attached hydrogens (primary N) is 1. The molecule has 0 atom stereocenters. The number of alkyl halides is 3. The zero-order chi connectivity index (χ0) is 24.0. The number of hydrogen-bond acceptors (Lipinski definition) is 4. The number of amides is 2. The molecule has 0 aliphatic rings. The summed E-state index contributed by atoms with van der Waals surface area (Å²) < 4.78 is 44.5. The Kier molecular flexibility index (Phi) is 7.55. The van der Waals surface area contributed by atoms with Crippen LogP contribution < -0.4 is 15.8 Å². The second-order valence-electron chi connectivity index (χ2n) is 7.09. The van der Waals surface area contributed by atoms with E-state index in [9.17, 15) is 22.8 Å². The lowest BCUT2D eigenvalue weighted by atomic mass is 10.1. The first kappa shape index (κ1) is 24.1. The molecular weight excluding hydrogens is 459 g/mol. The third-order valence-corrected chi connectivity index (χ3v) is 4.93. The fraction of sp³-hybridized carbons (Fsp3) is 0.174. The van der Waals surface area contributed by atoms with Gasteiger partial charge in [-0.25, -0.2) is 0 Å². The van der Waals surface area contributed by atoms with E-state index in [2.05, 4.69) is 10.3 Å². The van der Waals surface area contributed by atoms with Crippen molar-refractivity contribution in [1.82, 2.24) is 4.98 Å². The van der Waals surface area contributed by atoms with Crippen molar-refractivity contribution in [2.24, 2.45) is 5.73 Å². The van der Waals surface area contributed by atoms with E-state index >= 15 is 0 Å². The fourth-order valence-electron chi connectivity index (χ4n) is 2.92. The van der Waals surface area contributed by atoms with Crippen molar-refractivity contribution in [3.63, 3.8) is 0 Å². The zero-order valence-electron chi connectivity index (χ0n) is 17.2. The molecule has 0 unspecified atom stereocenters. The van der Waals surface area contributed by atoms with Gasteiger partial charge in [-0.15, -0.1) is 0 Å². The number of aromatic nitrogens is 1. The van der Waals surface area contributed by atoms with Crippen molar-refractivity contribution in [3.05, 3.63) is 88.2 Å². The number of aryl methyl sites for hydroxylation is 1. The highest BCUT2D eigenvalue weighted by atomic mass is 35.5. The minimum atomic E-state index is -4.61. The molecule has 172 valence electrons. The smallest absolute Gasteiger partial charge is 0.417 e. The molecule has 0 radical (unpaired) electrons. The maximum atomic E-state index is 12.9. The minimum absolute atomic E-state index is 0.0241. The van der Waals surface area contributed by atoms with Gasteiger partial charge in [0, 0.05) is 18.3 Å². The molecule has 1 aromatic heterocycles. The number of benzene rings is 2. The number of hydrogen-bond donors (Lipinski definition) is 2. The van der Waals surface area contributed by atoms with E-state index in [1.54, 1.807) is 36.4 Å². The molecule has 0 aliphatic carbocycles. The van der Waals surface area contributed by atoms with Crippen LogP contribution in [0.25, 0.3) is 0 Å². The summed E-state index contributed by atoms with van der Waals surface area (Å²) in [5.41, 5.74) is 5.96. The first-order valence-electron chi connectivity index (χ1n) is 9.75. The number of nitrogens with one attached hydrogen (secondary N) is 1. The van der Waals surface area contributed by atoms with Crippen LogP contribution in [0.15, 0.2) is 60.8 Å². The molecule has 1 heterocycles. The monoisotopic (exact) mass is 477 g/mol. The largest absolute Gasteiger partial charge is 0.489 e. The highest BCUT2D eigenvalue weighted by molar-refractivity contribution is 6.31. The lowest BCUT2D eigenvalue weighted by Crippen LogP contribution is -2.14. The standard InChI is InChI=1S/C23H19ClF3N3O3/c24-19-7-4-16(12-18(19)23(25,26)27)30-21(31)8-3-14-1-5-17(6-2-14)33-13-15-9-10-29-20(11-15)22(28)32/h1-2,4-7,9-12H,3,8,13H2,(H2,28,32)(H,30,31). The van der Waals surface area contributed by atoms with Gasteiger partial charge in [0.05, 0.1) is 10.6 Å². The summed E-state index contributed by atoms with van der Waals surface area (Å²) in [4.78, 5) is 27.2. The number of rotatable bonds is 8. The minimum Gasteiger partial charge on any atom is -0.489 e. The van der Waals surface area contributed by atoms with E-state index < -0.39 is 28.6 Å². The Bertz CT molecular complexity index is 1150. The summed E-state index contributed by atoms with van der Waals surface area (Å²) in [6.45, 7) is 0.214. The summed E-state index contributed by atoms with van der Waals surface area (Å²) in [7, 11) is 0. The van der Waals surface area contributed by atoms with E-state index in [-0.39, 0.29) is 24.4 Å². The van der Waals surface area contributed by atoms with Gasteiger partial charge in [0.15, 0.2) is 0 Å². The van der Waals surface area contributed by atoms with E-state index in [1.807, 2.05) is 0 Å². The average molecular weight is 478 g/mol. The number of pyridine rings is 1. The van der Waals surface area contributed by atoms with Crippen LogP contribution in [0.2, 0.25) is 5.02 Å². The first-order valence-corrected chi connectivity index (χ1v) is 10.1. The number of carbonyl (C=O) groups is 2. The van der Waals surface area contributed by atoms with Crippen molar-refractivity contribution in [2.75, 3.05) is 5.32 Å². The SMILES string of the molecule is NC(=O)c1cc(COc2ccc(CCC(=O)Nc3ccc(Cl)c(C(F)(F)F)c3)cc2)ccn1. The van der Waals surface area contributed by atoms with Crippen LogP contribution in [0.3, 0.4) is 0 Å². The summed E-state index contributed by atoms with van der Waals surface area (Å²) in [5, 5.41) is 2.02. The molecule has 33 heavy (non-hydrogen) atoms. The highest BCUT2D eigenvalue weighted by Gasteiger charge is 2.33. The van der Waals surface area contributed by atoms with Gasteiger partial charge in [0.1, 0.15) is 18.1 Å². The molecule has 0 bridgehead atoms. The number of halogens is 4. The molecule has 0 spiro atoms. The number of carbonyl (C=O) groups excluding carboxylic acids is 2. The zero-order valence-corrected chi connectivity index (χ0v) is 17.9. The number of primary amides is 1. The summed E-state index contributed by atoms with van der Waals surface area (Å²) in [6.07, 6.45) is -2.67. The summed E-state index contributed by atoms with van der Waals surface area (Å²) >= 11 is 5.58. The molecule has 3 N–H and O–H groups in total.